The van der Waals surface area contributed by atoms with Gasteiger partial charge in [-0.1, -0.05) is 73.5 Å². The van der Waals surface area contributed by atoms with E-state index < -0.39 is 7.14 Å². The Balaban J connectivity index is 2.53. The molecular formula is C17H17OP. The molecule has 2 aromatic carbocycles. The first-order valence-electron chi connectivity index (χ1n) is 6.49. The molecule has 96 valence electrons. The van der Waals surface area contributed by atoms with E-state index in [4.69, 9.17) is 0 Å². The van der Waals surface area contributed by atoms with Gasteiger partial charge in [0.2, 0.25) is 7.14 Å². The molecule has 0 saturated carbocycles. The zero-order chi connectivity index (χ0) is 13.6. The average molecular weight is 268 g/mol. The predicted molar refractivity (Wildman–Crippen MR) is 82.4 cm³/mol. The Kier molecular flexibility index (Phi) is 4.61. The summed E-state index contributed by atoms with van der Waals surface area (Å²) >= 11 is 0. The number of rotatable bonds is 3. The minimum atomic E-state index is -2.81. The summed E-state index contributed by atoms with van der Waals surface area (Å²) in [7, 11) is -2.81. The van der Waals surface area contributed by atoms with Gasteiger partial charge in [0, 0.05) is 17.0 Å². The highest BCUT2D eigenvalue weighted by molar-refractivity contribution is 7.83. The van der Waals surface area contributed by atoms with E-state index in [2.05, 4.69) is 18.5 Å². The highest BCUT2D eigenvalue weighted by atomic mass is 31.2. The van der Waals surface area contributed by atoms with Gasteiger partial charge in [-0.15, -0.1) is 0 Å². The topological polar surface area (TPSA) is 17.1 Å². The first-order chi connectivity index (χ1) is 9.27. The van der Waals surface area contributed by atoms with E-state index in [0.29, 0.717) is 0 Å². The van der Waals surface area contributed by atoms with Crippen LogP contribution in [0.25, 0.3) is 0 Å². The van der Waals surface area contributed by atoms with Gasteiger partial charge < -0.3 is 0 Å². The smallest absolute Gasteiger partial charge is 0.210 e. The van der Waals surface area contributed by atoms with Crippen molar-refractivity contribution in [3.8, 4) is 11.6 Å². The zero-order valence-electron chi connectivity index (χ0n) is 11.0. The van der Waals surface area contributed by atoms with Crippen molar-refractivity contribution in [3.05, 3.63) is 60.7 Å². The van der Waals surface area contributed by atoms with E-state index in [1.165, 1.54) is 0 Å². The maximum atomic E-state index is 13.3. The molecule has 0 bridgehead atoms. The summed E-state index contributed by atoms with van der Waals surface area (Å²) < 4.78 is 13.3. The summed E-state index contributed by atoms with van der Waals surface area (Å²) in [6.45, 7) is 2.07. The van der Waals surface area contributed by atoms with E-state index in [1.807, 2.05) is 60.7 Å². The molecule has 0 spiro atoms. The Bertz CT molecular complexity index is 577. The molecule has 0 atom stereocenters. The van der Waals surface area contributed by atoms with Gasteiger partial charge in [-0.05, 0) is 12.1 Å². The van der Waals surface area contributed by atoms with Crippen LogP contribution in [0.2, 0.25) is 0 Å². The minimum absolute atomic E-state index is 0.781. The molecule has 0 aliphatic heterocycles. The average Bonchev–Trinajstić information content (AvgIpc) is 2.49. The molecule has 0 fully saturated rings. The van der Waals surface area contributed by atoms with Crippen LogP contribution in [-0.2, 0) is 4.57 Å². The Hall–Kier alpha value is -1.77. The van der Waals surface area contributed by atoms with Gasteiger partial charge in [0.1, 0.15) is 0 Å². The highest BCUT2D eigenvalue weighted by Crippen LogP contribution is 2.41. The molecule has 0 unspecified atom stereocenters. The van der Waals surface area contributed by atoms with Crippen LogP contribution in [0.15, 0.2) is 60.7 Å². The van der Waals surface area contributed by atoms with E-state index in [1.54, 1.807) is 0 Å². The lowest BCUT2D eigenvalue weighted by Gasteiger charge is -2.12. The second-order valence-corrected chi connectivity index (χ2v) is 6.79. The van der Waals surface area contributed by atoms with Gasteiger partial charge in [-0.25, -0.2) is 0 Å². The molecule has 2 heteroatoms. The molecule has 0 radical (unpaired) electrons. The lowest BCUT2D eigenvalue weighted by Crippen LogP contribution is -2.14. The zero-order valence-corrected chi connectivity index (χ0v) is 11.9. The van der Waals surface area contributed by atoms with Crippen LogP contribution in [0.1, 0.15) is 19.8 Å². The second-order valence-electron chi connectivity index (χ2n) is 4.32. The van der Waals surface area contributed by atoms with Crippen LogP contribution < -0.4 is 10.6 Å². The molecule has 2 rings (SSSR count). The van der Waals surface area contributed by atoms with Crippen LogP contribution in [0.5, 0.6) is 0 Å². The summed E-state index contributed by atoms with van der Waals surface area (Å²) in [5.74, 6) is 3.06. The molecule has 2 aromatic rings. The molecule has 0 aliphatic carbocycles. The maximum absolute atomic E-state index is 13.3. The lowest BCUT2D eigenvalue weighted by atomic mass is 10.4. The summed E-state index contributed by atoms with van der Waals surface area (Å²) in [5, 5.41) is 1.62. The monoisotopic (exact) mass is 268 g/mol. The van der Waals surface area contributed by atoms with Gasteiger partial charge in [-0.2, -0.15) is 0 Å². The van der Waals surface area contributed by atoms with Crippen LogP contribution >= 0.6 is 7.14 Å². The number of hydrogen-bond donors (Lipinski definition) is 0. The Labute approximate surface area is 115 Å². The Morgan fingerprint density at radius 2 is 1.37 bits per heavy atom. The minimum Gasteiger partial charge on any atom is -0.300 e. The standard InChI is InChI=1S/C17H17OP/c1-2-3-10-15-19(18,16-11-6-4-7-12-16)17-13-8-5-9-14-17/h4-9,11-14H,2-3H2,1H3. The summed E-state index contributed by atoms with van der Waals surface area (Å²) in [5.41, 5.74) is 3.04. The quantitative estimate of drug-likeness (QED) is 0.612. The van der Waals surface area contributed by atoms with Gasteiger partial charge in [0.05, 0.1) is 0 Å². The lowest BCUT2D eigenvalue weighted by molar-refractivity contribution is 0.593. The third-order valence-electron chi connectivity index (χ3n) is 2.85. The summed E-state index contributed by atoms with van der Waals surface area (Å²) in [4.78, 5) is 0. The first kappa shape index (κ1) is 13.7. The van der Waals surface area contributed by atoms with E-state index in [9.17, 15) is 4.57 Å². The molecule has 0 heterocycles. The normalized spacial score (nSPS) is 10.6. The molecular weight excluding hydrogens is 251 g/mol. The summed E-state index contributed by atoms with van der Waals surface area (Å²) in [6, 6.07) is 19.1. The largest absolute Gasteiger partial charge is 0.300 e. The Morgan fingerprint density at radius 3 is 1.79 bits per heavy atom. The van der Waals surface area contributed by atoms with Crippen molar-refractivity contribution >= 4 is 17.8 Å². The van der Waals surface area contributed by atoms with Gasteiger partial charge in [-0.3, -0.25) is 4.57 Å². The second kappa shape index (κ2) is 6.41. The van der Waals surface area contributed by atoms with Crippen molar-refractivity contribution in [2.24, 2.45) is 0 Å². The van der Waals surface area contributed by atoms with Gasteiger partial charge in [0.15, 0.2) is 0 Å². The molecule has 0 saturated heterocycles. The van der Waals surface area contributed by atoms with Gasteiger partial charge in [0.25, 0.3) is 0 Å². The molecule has 0 aliphatic rings. The van der Waals surface area contributed by atoms with Crippen LogP contribution in [0, 0.1) is 11.6 Å². The summed E-state index contributed by atoms with van der Waals surface area (Å²) in [6.07, 6.45) is 1.76. The van der Waals surface area contributed by atoms with Crippen LogP contribution in [-0.4, -0.2) is 0 Å². The predicted octanol–water partition coefficient (Wildman–Crippen LogP) is 3.76. The maximum Gasteiger partial charge on any atom is 0.210 e. The number of unbranched alkanes of at least 4 members (excludes halogenated alkanes) is 1. The fourth-order valence-corrected chi connectivity index (χ4v) is 3.92. The van der Waals surface area contributed by atoms with E-state index in [0.717, 1.165) is 23.5 Å². The van der Waals surface area contributed by atoms with Crippen LogP contribution in [0.4, 0.5) is 0 Å². The highest BCUT2D eigenvalue weighted by Gasteiger charge is 2.24. The third-order valence-corrected chi connectivity index (χ3v) is 5.37. The van der Waals surface area contributed by atoms with Crippen molar-refractivity contribution < 1.29 is 4.57 Å². The van der Waals surface area contributed by atoms with E-state index in [-0.39, 0.29) is 0 Å². The number of benzene rings is 2. The SMILES string of the molecule is CCCC#CP(=O)(c1ccccc1)c1ccccc1. The van der Waals surface area contributed by atoms with Gasteiger partial charge >= 0.3 is 0 Å². The molecule has 0 amide bonds. The van der Waals surface area contributed by atoms with Crippen molar-refractivity contribution in [2.75, 3.05) is 0 Å². The fourth-order valence-electron chi connectivity index (χ4n) is 1.85. The number of hydrogen-bond acceptors (Lipinski definition) is 1. The van der Waals surface area contributed by atoms with Crippen molar-refractivity contribution in [1.29, 1.82) is 0 Å². The van der Waals surface area contributed by atoms with Crippen molar-refractivity contribution in [2.45, 2.75) is 19.8 Å². The first-order valence-corrected chi connectivity index (χ1v) is 8.19. The molecule has 0 N–H and O–H groups in total. The van der Waals surface area contributed by atoms with E-state index >= 15 is 0 Å². The van der Waals surface area contributed by atoms with Crippen molar-refractivity contribution in [1.82, 2.24) is 0 Å². The molecule has 19 heavy (non-hydrogen) atoms. The fraction of sp³-hybridized carbons (Fsp3) is 0.176. The Morgan fingerprint density at radius 1 is 0.895 bits per heavy atom. The molecule has 0 aromatic heterocycles. The molecule has 1 nitrogen and oxygen atoms in total. The third kappa shape index (κ3) is 3.16. The van der Waals surface area contributed by atoms with Crippen molar-refractivity contribution in [3.63, 3.8) is 0 Å². The van der Waals surface area contributed by atoms with Crippen LogP contribution in [0.3, 0.4) is 0 Å².